The monoisotopic (exact) mass is 216 g/mol. The Labute approximate surface area is 90.4 Å². The number of carbonyl (C=O) groups excluding carboxylic acids is 1. The van der Waals surface area contributed by atoms with Gasteiger partial charge in [-0.3, -0.25) is 9.69 Å². The number of amides is 1. The predicted octanol–water partition coefficient (Wildman–Crippen LogP) is -0.794. The maximum atomic E-state index is 11.5. The van der Waals surface area contributed by atoms with E-state index >= 15 is 0 Å². The van der Waals surface area contributed by atoms with Gasteiger partial charge in [0.15, 0.2) is 0 Å². The number of ether oxygens (including phenoxy) is 1. The molecule has 88 valence electrons. The van der Waals surface area contributed by atoms with Crippen molar-refractivity contribution in [2.45, 2.75) is 18.9 Å². The van der Waals surface area contributed by atoms with Gasteiger partial charge in [0.05, 0.1) is 19.8 Å². The van der Waals surface area contributed by atoms with Crippen molar-refractivity contribution in [3.63, 3.8) is 0 Å². The van der Waals surface area contributed by atoms with Crippen LogP contribution < -0.4 is 5.32 Å². The molecule has 1 rings (SSSR count). The highest BCUT2D eigenvalue weighted by Crippen LogP contribution is 2.18. The van der Waals surface area contributed by atoms with Gasteiger partial charge in [-0.25, -0.2) is 0 Å². The van der Waals surface area contributed by atoms with E-state index in [1.165, 1.54) is 0 Å². The Bertz CT molecular complexity index is 195. The van der Waals surface area contributed by atoms with Crippen LogP contribution in [0.5, 0.6) is 0 Å². The molecule has 1 aliphatic rings. The summed E-state index contributed by atoms with van der Waals surface area (Å²) < 4.78 is 4.94. The van der Waals surface area contributed by atoms with E-state index in [0.717, 1.165) is 12.8 Å². The Morgan fingerprint density at radius 2 is 2.27 bits per heavy atom. The van der Waals surface area contributed by atoms with E-state index in [1.54, 1.807) is 7.11 Å². The van der Waals surface area contributed by atoms with Crippen molar-refractivity contribution in [3.05, 3.63) is 0 Å². The zero-order valence-electron chi connectivity index (χ0n) is 9.24. The largest absolute Gasteiger partial charge is 0.395 e. The van der Waals surface area contributed by atoms with Gasteiger partial charge in [0, 0.05) is 26.2 Å². The Morgan fingerprint density at radius 1 is 1.53 bits per heavy atom. The van der Waals surface area contributed by atoms with Crippen LogP contribution in [-0.4, -0.2) is 61.9 Å². The predicted molar refractivity (Wildman–Crippen MR) is 56.6 cm³/mol. The molecule has 0 aromatic heterocycles. The van der Waals surface area contributed by atoms with Gasteiger partial charge in [0.25, 0.3) is 0 Å². The highest BCUT2D eigenvalue weighted by molar-refractivity contribution is 5.78. The third-order valence-corrected chi connectivity index (χ3v) is 2.34. The van der Waals surface area contributed by atoms with Gasteiger partial charge in [-0.05, 0) is 12.8 Å². The quantitative estimate of drug-likeness (QED) is 0.558. The smallest absolute Gasteiger partial charge is 0.234 e. The van der Waals surface area contributed by atoms with E-state index in [4.69, 9.17) is 9.84 Å². The fourth-order valence-corrected chi connectivity index (χ4v) is 1.34. The number of rotatable bonds is 8. The molecule has 5 nitrogen and oxygen atoms in total. The first-order chi connectivity index (χ1) is 7.26. The molecule has 5 heteroatoms. The molecular weight excluding hydrogens is 196 g/mol. The van der Waals surface area contributed by atoms with Crippen LogP contribution in [-0.2, 0) is 9.53 Å². The van der Waals surface area contributed by atoms with Crippen molar-refractivity contribution < 1.29 is 14.6 Å². The van der Waals surface area contributed by atoms with Gasteiger partial charge >= 0.3 is 0 Å². The second kappa shape index (κ2) is 6.76. The molecule has 0 spiro atoms. The van der Waals surface area contributed by atoms with Crippen LogP contribution in [0.15, 0.2) is 0 Å². The number of aliphatic hydroxyl groups is 1. The van der Waals surface area contributed by atoms with Gasteiger partial charge in [-0.15, -0.1) is 0 Å². The Balaban J connectivity index is 2.18. The van der Waals surface area contributed by atoms with E-state index in [-0.39, 0.29) is 12.5 Å². The van der Waals surface area contributed by atoms with Gasteiger partial charge in [-0.1, -0.05) is 0 Å². The normalized spacial score (nSPS) is 15.7. The van der Waals surface area contributed by atoms with Crippen LogP contribution in [0.4, 0.5) is 0 Å². The van der Waals surface area contributed by atoms with E-state index < -0.39 is 0 Å². The molecule has 0 saturated heterocycles. The minimum Gasteiger partial charge on any atom is -0.395 e. The number of hydrogen-bond donors (Lipinski definition) is 2. The van der Waals surface area contributed by atoms with Crippen molar-refractivity contribution in [3.8, 4) is 0 Å². The Kier molecular flexibility index (Phi) is 5.60. The van der Waals surface area contributed by atoms with E-state index in [1.807, 2.05) is 4.90 Å². The minimum absolute atomic E-state index is 0.0436. The molecule has 1 saturated carbocycles. The SMILES string of the molecule is COCCN(CCO)CC(=O)NC1CC1. The van der Waals surface area contributed by atoms with Gasteiger partial charge in [0.1, 0.15) is 0 Å². The number of aliphatic hydroxyl groups excluding tert-OH is 1. The molecule has 0 bridgehead atoms. The lowest BCUT2D eigenvalue weighted by atomic mass is 10.4. The average Bonchev–Trinajstić information content (AvgIpc) is 2.98. The summed E-state index contributed by atoms with van der Waals surface area (Å²) in [7, 11) is 1.63. The summed E-state index contributed by atoms with van der Waals surface area (Å²) in [6.07, 6.45) is 2.20. The minimum atomic E-state index is 0.0436. The number of nitrogens with zero attached hydrogens (tertiary/aromatic N) is 1. The van der Waals surface area contributed by atoms with Crippen LogP contribution in [0.25, 0.3) is 0 Å². The summed E-state index contributed by atoms with van der Waals surface area (Å²) >= 11 is 0. The molecule has 2 N–H and O–H groups in total. The molecule has 0 aliphatic heterocycles. The van der Waals surface area contributed by atoms with Crippen molar-refractivity contribution in [1.82, 2.24) is 10.2 Å². The third kappa shape index (κ3) is 5.71. The van der Waals surface area contributed by atoms with Crippen LogP contribution in [0.1, 0.15) is 12.8 Å². The van der Waals surface area contributed by atoms with Crippen LogP contribution in [0, 0.1) is 0 Å². The lowest BCUT2D eigenvalue weighted by molar-refractivity contribution is -0.122. The van der Waals surface area contributed by atoms with Crippen LogP contribution in [0.2, 0.25) is 0 Å². The highest BCUT2D eigenvalue weighted by atomic mass is 16.5. The third-order valence-electron chi connectivity index (χ3n) is 2.34. The van der Waals surface area contributed by atoms with Gasteiger partial charge < -0.3 is 15.2 Å². The fraction of sp³-hybridized carbons (Fsp3) is 0.900. The molecular formula is C10H20N2O3. The van der Waals surface area contributed by atoms with Gasteiger partial charge in [-0.2, -0.15) is 0 Å². The molecule has 0 aromatic rings. The van der Waals surface area contributed by atoms with Crippen molar-refractivity contribution in [1.29, 1.82) is 0 Å². The number of nitrogens with one attached hydrogen (secondary N) is 1. The lowest BCUT2D eigenvalue weighted by Crippen LogP contribution is -2.40. The molecule has 0 aromatic carbocycles. The molecule has 0 atom stereocenters. The summed E-state index contributed by atoms with van der Waals surface area (Å²) in [6.45, 7) is 2.19. The standard InChI is InChI=1S/C10H20N2O3/c1-15-7-5-12(4-6-13)8-10(14)11-9-2-3-9/h9,13H,2-8H2,1H3,(H,11,14). The number of carbonyl (C=O) groups is 1. The molecule has 0 heterocycles. The summed E-state index contributed by atoms with van der Waals surface area (Å²) in [5.74, 6) is 0.0436. The molecule has 0 radical (unpaired) electrons. The van der Waals surface area contributed by atoms with Crippen LogP contribution in [0.3, 0.4) is 0 Å². The summed E-state index contributed by atoms with van der Waals surface area (Å²) in [4.78, 5) is 13.4. The van der Waals surface area contributed by atoms with Crippen molar-refractivity contribution in [2.24, 2.45) is 0 Å². The Morgan fingerprint density at radius 3 is 2.80 bits per heavy atom. The first-order valence-corrected chi connectivity index (χ1v) is 5.37. The van der Waals surface area contributed by atoms with E-state index in [0.29, 0.717) is 32.3 Å². The first kappa shape index (κ1) is 12.4. The molecule has 1 aliphatic carbocycles. The molecule has 0 unspecified atom stereocenters. The van der Waals surface area contributed by atoms with Crippen molar-refractivity contribution in [2.75, 3.05) is 40.0 Å². The zero-order valence-corrected chi connectivity index (χ0v) is 9.24. The number of methoxy groups -OCH3 is 1. The first-order valence-electron chi connectivity index (χ1n) is 5.37. The second-order valence-electron chi connectivity index (χ2n) is 3.83. The average molecular weight is 216 g/mol. The zero-order chi connectivity index (χ0) is 11.1. The van der Waals surface area contributed by atoms with Crippen LogP contribution >= 0.6 is 0 Å². The highest BCUT2D eigenvalue weighted by Gasteiger charge is 2.23. The number of hydrogen-bond acceptors (Lipinski definition) is 4. The maximum absolute atomic E-state index is 11.5. The lowest BCUT2D eigenvalue weighted by Gasteiger charge is -2.20. The van der Waals surface area contributed by atoms with Crippen molar-refractivity contribution >= 4 is 5.91 Å². The summed E-state index contributed by atoms with van der Waals surface area (Å²) in [6, 6.07) is 0.399. The molecule has 1 amide bonds. The fourth-order valence-electron chi connectivity index (χ4n) is 1.34. The maximum Gasteiger partial charge on any atom is 0.234 e. The second-order valence-corrected chi connectivity index (χ2v) is 3.83. The van der Waals surface area contributed by atoms with Gasteiger partial charge in [0.2, 0.25) is 5.91 Å². The Hall–Kier alpha value is -0.650. The summed E-state index contributed by atoms with van der Waals surface area (Å²) in [5.41, 5.74) is 0. The van der Waals surface area contributed by atoms with E-state index in [9.17, 15) is 4.79 Å². The van der Waals surface area contributed by atoms with E-state index in [2.05, 4.69) is 5.32 Å². The molecule has 15 heavy (non-hydrogen) atoms. The topological polar surface area (TPSA) is 61.8 Å². The molecule has 1 fully saturated rings. The summed E-state index contributed by atoms with van der Waals surface area (Å²) in [5, 5.41) is 11.7.